The third kappa shape index (κ3) is 3.74. The maximum atomic E-state index is 10.2. The second-order valence-electron chi connectivity index (χ2n) is 12.8. The average Bonchev–Trinajstić information content (AvgIpc) is 3.09. The van der Waals surface area contributed by atoms with Crippen LogP contribution >= 0.6 is 0 Å². The van der Waals surface area contributed by atoms with Gasteiger partial charge in [0.15, 0.2) is 0 Å². The molecule has 4 rings (SSSR count). The van der Waals surface area contributed by atoms with E-state index in [2.05, 4.69) is 47.6 Å². The smallest absolute Gasteiger partial charge is 0.0577 e. The van der Waals surface area contributed by atoms with E-state index in [0.717, 1.165) is 54.3 Å². The molecule has 3 fully saturated rings. The van der Waals surface area contributed by atoms with Crippen molar-refractivity contribution in [2.24, 2.45) is 52.3 Å². The zero-order valence-electron chi connectivity index (χ0n) is 20.9. The highest BCUT2D eigenvalue weighted by Crippen LogP contribution is 2.67. The van der Waals surface area contributed by atoms with E-state index in [-0.39, 0.29) is 6.10 Å². The molecule has 30 heavy (non-hydrogen) atoms. The molecule has 0 spiro atoms. The first-order valence-corrected chi connectivity index (χ1v) is 13.6. The maximum Gasteiger partial charge on any atom is 0.0577 e. The third-order valence-corrected chi connectivity index (χ3v) is 11.5. The van der Waals surface area contributed by atoms with Gasteiger partial charge in [-0.25, -0.2) is 0 Å². The van der Waals surface area contributed by atoms with Crippen molar-refractivity contribution >= 4 is 0 Å². The molecule has 1 nitrogen and oxygen atoms in total. The molecule has 0 amide bonds. The summed E-state index contributed by atoms with van der Waals surface area (Å²) in [6, 6.07) is 0. The van der Waals surface area contributed by atoms with Crippen LogP contribution in [0.15, 0.2) is 11.6 Å². The number of aliphatic hydroxyl groups is 1. The summed E-state index contributed by atoms with van der Waals surface area (Å²) in [6.07, 6.45) is 17.1. The fraction of sp³-hybridized carbons (Fsp3) is 0.931. The lowest BCUT2D eigenvalue weighted by atomic mass is 9.47. The van der Waals surface area contributed by atoms with Gasteiger partial charge < -0.3 is 5.11 Å². The molecule has 0 aromatic rings. The van der Waals surface area contributed by atoms with E-state index in [0.29, 0.717) is 10.8 Å². The molecule has 1 heteroatoms. The van der Waals surface area contributed by atoms with Crippen LogP contribution in [0, 0.1) is 52.3 Å². The van der Waals surface area contributed by atoms with Gasteiger partial charge in [-0.15, -0.1) is 0 Å². The van der Waals surface area contributed by atoms with Gasteiger partial charge in [0.05, 0.1) is 6.10 Å². The molecule has 0 unspecified atom stereocenters. The van der Waals surface area contributed by atoms with Crippen molar-refractivity contribution in [2.45, 2.75) is 118 Å². The number of allylic oxidation sites excluding steroid dienone is 1. The van der Waals surface area contributed by atoms with Crippen molar-refractivity contribution < 1.29 is 5.11 Å². The average molecular weight is 415 g/mol. The number of aliphatic hydroxyl groups excluding tert-OH is 1. The van der Waals surface area contributed by atoms with Crippen LogP contribution in [0.1, 0.15) is 112 Å². The summed E-state index contributed by atoms with van der Waals surface area (Å²) in [6.45, 7) is 15.1. The quantitative estimate of drug-likeness (QED) is 0.436. The molecular weight excluding hydrogens is 364 g/mol. The summed E-state index contributed by atoms with van der Waals surface area (Å²) < 4.78 is 0. The van der Waals surface area contributed by atoms with Gasteiger partial charge in [0.25, 0.3) is 0 Å². The topological polar surface area (TPSA) is 20.2 Å². The van der Waals surface area contributed by atoms with Crippen LogP contribution in [0.3, 0.4) is 0 Å². The minimum atomic E-state index is -0.0794. The highest BCUT2D eigenvalue weighted by molar-refractivity contribution is 5.25. The van der Waals surface area contributed by atoms with Crippen molar-refractivity contribution in [3.63, 3.8) is 0 Å². The molecular formula is C29H50O. The number of hydrogen-bond acceptors (Lipinski definition) is 1. The Morgan fingerprint density at radius 1 is 0.967 bits per heavy atom. The zero-order valence-corrected chi connectivity index (χ0v) is 20.9. The Bertz CT molecular complexity index is 636. The number of hydrogen-bond donors (Lipinski definition) is 1. The first-order valence-electron chi connectivity index (χ1n) is 13.6. The Morgan fingerprint density at radius 2 is 1.73 bits per heavy atom. The minimum absolute atomic E-state index is 0.0794. The first-order chi connectivity index (χ1) is 14.2. The maximum absolute atomic E-state index is 10.2. The largest absolute Gasteiger partial charge is 0.393 e. The standard InChI is InChI=1S/C29H50O/c1-7-19(2)20(3)8-9-21(4)25-12-13-26-24-11-10-22-18-23(30)14-16-28(22,5)27(24)15-17-29(25,26)6/h10,19-21,23-27,30H,7-9,11-18H2,1-6H3/t19-,20-,21+,23-,24-,25+,26-,27-,28-,29+/m0/s1. The van der Waals surface area contributed by atoms with Crippen LogP contribution in [0.5, 0.6) is 0 Å². The normalized spacial score (nSPS) is 46.2. The second-order valence-corrected chi connectivity index (χ2v) is 12.8. The first kappa shape index (κ1) is 22.9. The van der Waals surface area contributed by atoms with Gasteiger partial charge in [-0.2, -0.15) is 0 Å². The summed E-state index contributed by atoms with van der Waals surface area (Å²) in [5, 5.41) is 10.2. The highest BCUT2D eigenvalue weighted by atomic mass is 16.3. The van der Waals surface area contributed by atoms with E-state index in [1.165, 1.54) is 57.8 Å². The summed E-state index contributed by atoms with van der Waals surface area (Å²) in [5.74, 6) is 6.31. The second kappa shape index (κ2) is 8.57. The van der Waals surface area contributed by atoms with E-state index < -0.39 is 0 Å². The van der Waals surface area contributed by atoms with E-state index in [1.54, 1.807) is 5.57 Å². The highest BCUT2D eigenvalue weighted by Gasteiger charge is 2.59. The van der Waals surface area contributed by atoms with Crippen LogP contribution in [0.25, 0.3) is 0 Å². The van der Waals surface area contributed by atoms with E-state index in [9.17, 15) is 5.11 Å². The molecule has 0 heterocycles. The van der Waals surface area contributed by atoms with Crippen molar-refractivity contribution in [1.82, 2.24) is 0 Å². The van der Waals surface area contributed by atoms with E-state index in [4.69, 9.17) is 0 Å². The molecule has 1 N–H and O–H groups in total. The fourth-order valence-electron chi connectivity index (χ4n) is 9.03. The zero-order chi connectivity index (χ0) is 21.7. The van der Waals surface area contributed by atoms with Crippen LogP contribution in [0.2, 0.25) is 0 Å². The lowest BCUT2D eigenvalue weighted by Crippen LogP contribution is -2.50. The lowest BCUT2D eigenvalue weighted by molar-refractivity contribution is -0.0575. The Hall–Kier alpha value is -0.300. The number of fused-ring (bicyclic) bond motifs is 5. The van der Waals surface area contributed by atoms with Gasteiger partial charge in [0.1, 0.15) is 0 Å². The van der Waals surface area contributed by atoms with Gasteiger partial charge in [0.2, 0.25) is 0 Å². The fourth-order valence-corrected chi connectivity index (χ4v) is 9.03. The molecule has 4 aliphatic carbocycles. The summed E-state index contributed by atoms with van der Waals surface area (Å²) in [4.78, 5) is 0. The predicted molar refractivity (Wildman–Crippen MR) is 128 cm³/mol. The molecule has 3 saturated carbocycles. The minimum Gasteiger partial charge on any atom is -0.393 e. The van der Waals surface area contributed by atoms with E-state index in [1.807, 2.05) is 0 Å². The van der Waals surface area contributed by atoms with Crippen molar-refractivity contribution in [3.05, 3.63) is 11.6 Å². The van der Waals surface area contributed by atoms with Crippen LogP contribution in [0.4, 0.5) is 0 Å². The summed E-state index contributed by atoms with van der Waals surface area (Å²) in [5.41, 5.74) is 2.59. The molecule has 0 bridgehead atoms. The molecule has 0 radical (unpaired) electrons. The Morgan fingerprint density at radius 3 is 2.47 bits per heavy atom. The third-order valence-electron chi connectivity index (χ3n) is 11.5. The van der Waals surface area contributed by atoms with Crippen molar-refractivity contribution in [1.29, 1.82) is 0 Å². The Kier molecular flexibility index (Phi) is 6.53. The van der Waals surface area contributed by atoms with Crippen LogP contribution in [-0.2, 0) is 0 Å². The summed E-state index contributed by atoms with van der Waals surface area (Å²) in [7, 11) is 0. The van der Waals surface area contributed by atoms with Gasteiger partial charge >= 0.3 is 0 Å². The van der Waals surface area contributed by atoms with Gasteiger partial charge in [-0.1, -0.05) is 72.5 Å². The SMILES string of the molecule is CC[C@H](C)[C@@H](C)CC[C@@H](C)[C@H]1CC[C@H]2[C@@H]3CC=C4C[C@@H](O)CC[C@]4(C)[C@H]3CC[C@]12C. The van der Waals surface area contributed by atoms with Gasteiger partial charge in [0, 0.05) is 0 Å². The molecule has 0 aromatic carbocycles. The molecule has 10 atom stereocenters. The summed E-state index contributed by atoms with van der Waals surface area (Å²) >= 11 is 0. The Balaban J connectivity index is 1.46. The molecule has 0 aromatic heterocycles. The van der Waals surface area contributed by atoms with Gasteiger partial charge in [-0.3, -0.25) is 0 Å². The molecule has 4 aliphatic rings. The van der Waals surface area contributed by atoms with Crippen molar-refractivity contribution in [2.75, 3.05) is 0 Å². The van der Waals surface area contributed by atoms with Crippen LogP contribution < -0.4 is 0 Å². The lowest BCUT2D eigenvalue weighted by Gasteiger charge is -2.58. The molecule has 172 valence electrons. The van der Waals surface area contributed by atoms with Gasteiger partial charge in [-0.05, 0) is 104 Å². The monoisotopic (exact) mass is 414 g/mol. The predicted octanol–water partition coefficient (Wildman–Crippen LogP) is 8.02. The molecule has 0 aliphatic heterocycles. The van der Waals surface area contributed by atoms with Crippen LogP contribution in [-0.4, -0.2) is 11.2 Å². The van der Waals surface area contributed by atoms with Crippen molar-refractivity contribution in [3.8, 4) is 0 Å². The molecule has 0 saturated heterocycles. The van der Waals surface area contributed by atoms with E-state index >= 15 is 0 Å². The number of rotatable bonds is 6. The Labute approximate surface area is 187 Å².